The molecule has 66 valence electrons. The zero-order valence-electron chi connectivity index (χ0n) is 6.82. The first-order chi connectivity index (χ1) is 5.75. The number of carbonyl (C=O) groups excluding carboxylic acids is 1. The van der Waals surface area contributed by atoms with Gasteiger partial charge in [-0.15, -0.1) is 0 Å². The Balaban J connectivity index is 2.59. The minimum atomic E-state index is -0.218. The number of nitrogens with zero attached hydrogens (tertiary/aromatic N) is 2. The highest BCUT2D eigenvalue weighted by Gasteiger charge is 2.07. The molecule has 0 bridgehead atoms. The van der Waals surface area contributed by atoms with E-state index in [-0.39, 0.29) is 19.1 Å². The number of amides is 1. The minimum absolute atomic E-state index is 0.0520. The third kappa shape index (κ3) is 1.82. The summed E-state index contributed by atoms with van der Waals surface area (Å²) in [6.45, 7) is 0.216. The van der Waals surface area contributed by atoms with Gasteiger partial charge >= 0.3 is 0 Å². The van der Waals surface area contributed by atoms with E-state index in [0.29, 0.717) is 5.69 Å². The molecule has 1 heterocycles. The summed E-state index contributed by atoms with van der Waals surface area (Å²) in [7, 11) is 1.69. The van der Waals surface area contributed by atoms with Crippen LogP contribution in [0.5, 0.6) is 0 Å². The zero-order valence-corrected chi connectivity index (χ0v) is 6.82. The van der Waals surface area contributed by atoms with Crippen LogP contribution in [0.4, 0.5) is 0 Å². The van der Waals surface area contributed by atoms with Crippen LogP contribution in [0.25, 0.3) is 0 Å². The van der Waals surface area contributed by atoms with E-state index in [1.165, 1.54) is 4.68 Å². The monoisotopic (exact) mass is 169 g/mol. The van der Waals surface area contributed by atoms with Crippen molar-refractivity contribution in [3.05, 3.63) is 18.0 Å². The Bertz CT molecular complexity index is 269. The van der Waals surface area contributed by atoms with E-state index in [9.17, 15) is 4.79 Å². The average Bonchev–Trinajstić information content (AvgIpc) is 2.47. The Kier molecular flexibility index (Phi) is 2.82. The fourth-order valence-corrected chi connectivity index (χ4v) is 0.857. The molecule has 0 aliphatic heterocycles. The van der Waals surface area contributed by atoms with E-state index < -0.39 is 0 Å². The molecule has 0 fully saturated rings. The molecular formula is C7H11N3O2. The van der Waals surface area contributed by atoms with Crippen molar-refractivity contribution in [1.29, 1.82) is 0 Å². The summed E-state index contributed by atoms with van der Waals surface area (Å²) in [6.07, 6.45) is 1.55. The number of aliphatic hydroxyl groups excluding tert-OH is 1. The van der Waals surface area contributed by atoms with Crippen LogP contribution in [0.2, 0.25) is 0 Å². The second-order valence-electron chi connectivity index (χ2n) is 2.32. The zero-order chi connectivity index (χ0) is 8.97. The number of nitrogens with one attached hydrogen (secondary N) is 1. The van der Waals surface area contributed by atoms with Gasteiger partial charge in [-0.25, -0.2) is 0 Å². The molecule has 0 saturated heterocycles. The molecule has 0 radical (unpaired) electrons. The Morgan fingerprint density at radius 2 is 2.58 bits per heavy atom. The molecule has 0 aliphatic rings. The number of rotatable bonds is 3. The van der Waals surface area contributed by atoms with Crippen molar-refractivity contribution in [2.24, 2.45) is 7.05 Å². The van der Waals surface area contributed by atoms with E-state index in [1.807, 2.05) is 0 Å². The summed E-state index contributed by atoms with van der Waals surface area (Å²) in [4.78, 5) is 11.2. The summed E-state index contributed by atoms with van der Waals surface area (Å²) >= 11 is 0. The quantitative estimate of drug-likeness (QED) is 0.619. The molecule has 5 heteroatoms. The maximum absolute atomic E-state index is 11.2. The minimum Gasteiger partial charge on any atom is -0.395 e. The number of aryl methyl sites for hydroxylation is 1. The number of aliphatic hydroxyl groups is 1. The Morgan fingerprint density at radius 1 is 1.83 bits per heavy atom. The van der Waals surface area contributed by atoms with E-state index in [2.05, 4.69) is 10.4 Å². The number of carbonyl (C=O) groups is 1. The fraction of sp³-hybridized carbons (Fsp3) is 0.429. The first-order valence-corrected chi connectivity index (χ1v) is 3.62. The molecule has 1 aromatic heterocycles. The summed E-state index contributed by atoms with van der Waals surface area (Å²) in [5, 5.41) is 14.8. The SMILES string of the molecule is Cn1nccc1C(=O)NCCO. The largest absolute Gasteiger partial charge is 0.395 e. The molecule has 0 aromatic carbocycles. The highest BCUT2D eigenvalue weighted by atomic mass is 16.3. The number of hydrogen-bond donors (Lipinski definition) is 2. The lowest BCUT2D eigenvalue weighted by Crippen LogP contribution is -2.28. The third-order valence-electron chi connectivity index (χ3n) is 1.45. The molecule has 0 saturated carbocycles. The first kappa shape index (κ1) is 8.73. The van der Waals surface area contributed by atoms with Gasteiger partial charge in [-0.1, -0.05) is 0 Å². The van der Waals surface area contributed by atoms with Crippen molar-refractivity contribution in [3.8, 4) is 0 Å². The predicted molar refractivity (Wildman–Crippen MR) is 42.6 cm³/mol. The highest BCUT2D eigenvalue weighted by molar-refractivity contribution is 5.92. The lowest BCUT2D eigenvalue weighted by Gasteiger charge is -2.02. The van der Waals surface area contributed by atoms with E-state index >= 15 is 0 Å². The van der Waals surface area contributed by atoms with Gasteiger partial charge < -0.3 is 10.4 Å². The van der Waals surface area contributed by atoms with Crippen molar-refractivity contribution in [2.75, 3.05) is 13.2 Å². The normalized spacial score (nSPS) is 9.83. The van der Waals surface area contributed by atoms with Gasteiger partial charge in [-0.05, 0) is 6.07 Å². The van der Waals surface area contributed by atoms with Gasteiger partial charge in [-0.2, -0.15) is 5.10 Å². The van der Waals surface area contributed by atoms with E-state index in [0.717, 1.165) is 0 Å². The fourth-order valence-electron chi connectivity index (χ4n) is 0.857. The van der Waals surface area contributed by atoms with Crippen LogP contribution in [0, 0.1) is 0 Å². The van der Waals surface area contributed by atoms with Crippen molar-refractivity contribution in [1.82, 2.24) is 15.1 Å². The summed E-state index contributed by atoms with van der Waals surface area (Å²) in [5.74, 6) is -0.218. The lowest BCUT2D eigenvalue weighted by atomic mass is 10.4. The van der Waals surface area contributed by atoms with Crippen LogP contribution in [0.3, 0.4) is 0 Å². The van der Waals surface area contributed by atoms with E-state index in [1.54, 1.807) is 19.3 Å². The second-order valence-corrected chi connectivity index (χ2v) is 2.32. The Hall–Kier alpha value is -1.36. The molecule has 1 amide bonds. The van der Waals surface area contributed by atoms with Crippen molar-refractivity contribution < 1.29 is 9.90 Å². The number of aromatic nitrogens is 2. The Labute approximate surface area is 70.0 Å². The van der Waals surface area contributed by atoms with Crippen LogP contribution in [-0.2, 0) is 7.05 Å². The van der Waals surface area contributed by atoms with Gasteiger partial charge in [0, 0.05) is 19.8 Å². The maximum atomic E-state index is 11.2. The molecule has 1 aromatic rings. The van der Waals surface area contributed by atoms with Crippen LogP contribution in [0.1, 0.15) is 10.5 Å². The van der Waals surface area contributed by atoms with Crippen LogP contribution in [-0.4, -0.2) is 33.9 Å². The average molecular weight is 169 g/mol. The topological polar surface area (TPSA) is 67.2 Å². The summed E-state index contributed by atoms with van der Waals surface area (Å²) in [5.41, 5.74) is 0.489. The lowest BCUT2D eigenvalue weighted by molar-refractivity contribution is 0.0935. The molecule has 0 spiro atoms. The molecular weight excluding hydrogens is 158 g/mol. The second kappa shape index (κ2) is 3.87. The van der Waals surface area contributed by atoms with Crippen molar-refractivity contribution in [3.63, 3.8) is 0 Å². The van der Waals surface area contributed by atoms with Crippen LogP contribution >= 0.6 is 0 Å². The standard InChI is InChI=1S/C7H11N3O2/c1-10-6(2-3-9-10)7(12)8-4-5-11/h2-3,11H,4-5H2,1H3,(H,8,12). The van der Waals surface area contributed by atoms with Gasteiger partial charge in [0.2, 0.25) is 0 Å². The summed E-state index contributed by atoms with van der Waals surface area (Å²) < 4.78 is 1.48. The predicted octanol–water partition coefficient (Wildman–Crippen LogP) is -0.858. The maximum Gasteiger partial charge on any atom is 0.269 e. The van der Waals surface area contributed by atoms with Crippen LogP contribution < -0.4 is 5.32 Å². The molecule has 1 rings (SSSR count). The van der Waals surface area contributed by atoms with Gasteiger partial charge in [0.05, 0.1) is 6.61 Å². The molecule has 0 atom stereocenters. The van der Waals surface area contributed by atoms with Gasteiger partial charge in [0.1, 0.15) is 5.69 Å². The smallest absolute Gasteiger partial charge is 0.269 e. The van der Waals surface area contributed by atoms with Crippen molar-refractivity contribution in [2.45, 2.75) is 0 Å². The molecule has 12 heavy (non-hydrogen) atoms. The third-order valence-corrected chi connectivity index (χ3v) is 1.45. The van der Waals surface area contributed by atoms with Crippen LogP contribution in [0.15, 0.2) is 12.3 Å². The highest BCUT2D eigenvalue weighted by Crippen LogP contribution is 1.94. The Morgan fingerprint density at radius 3 is 3.08 bits per heavy atom. The summed E-state index contributed by atoms with van der Waals surface area (Å²) in [6, 6.07) is 1.62. The first-order valence-electron chi connectivity index (χ1n) is 3.62. The molecule has 5 nitrogen and oxygen atoms in total. The number of hydrogen-bond acceptors (Lipinski definition) is 3. The molecule has 0 unspecified atom stereocenters. The molecule has 2 N–H and O–H groups in total. The van der Waals surface area contributed by atoms with E-state index in [4.69, 9.17) is 5.11 Å². The molecule has 0 aliphatic carbocycles. The van der Waals surface area contributed by atoms with Gasteiger partial charge in [0.25, 0.3) is 5.91 Å². The van der Waals surface area contributed by atoms with Gasteiger partial charge in [-0.3, -0.25) is 9.48 Å². The van der Waals surface area contributed by atoms with Gasteiger partial charge in [0.15, 0.2) is 0 Å². The van der Waals surface area contributed by atoms with Crippen molar-refractivity contribution >= 4 is 5.91 Å².